The first-order chi connectivity index (χ1) is 14.9. The van der Waals surface area contributed by atoms with Crippen molar-refractivity contribution in [3.63, 3.8) is 0 Å². The molecule has 0 saturated carbocycles. The van der Waals surface area contributed by atoms with Crippen LogP contribution in [0.15, 0.2) is 47.3 Å². The molecular weight excluding hydrogens is 390 g/mol. The summed E-state index contributed by atoms with van der Waals surface area (Å²) in [5.41, 5.74) is 2.70. The summed E-state index contributed by atoms with van der Waals surface area (Å²) in [6.07, 6.45) is 0.910. The van der Waals surface area contributed by atoms with E-state index < -0.39 is 0 Å². The molecule has 0 spiro atoms. The minimum Gasteiger partial charge on any atom is -0.494 e. The Bertz CT molecular complexity index is 1190. The molecule has 6 heteroatoms. The van der Waals surface area contributed by atoms with Crippen LogP contribution in [0.5, 0.6) is 5.75 Å². The van der Waals surface area contributed by atoms with Crippen molar-refractivity contribution in [3.05, 3.63) is 63.9 Å². The average Bonchev–Trinajstić information content (AvgIpc) is 3.03. The lowest BCUT2D eigenvalue weighted by molar-refractivity contribution is 0.104. The third-order valence-corrected chi connectivity index (χ3v) is 5.69. The van der Waals surface area contributed by atoms with E-state index in [9.17, 15) is 9.59 Å². The first-order valence-electron chi connectivity index (χ1n) is 10.7. The van der Waals surface area contributed by atoms with Gasteiger partial charge in [-0.1, -0.05) is 18.2 Å². The number of fused-ring (bicyclic) bond motifs is 5. The molecule has 1 aromatic heterocycles. The first kappa shape index (κ1) is 21.3. The molecule has 0 radical (unpaired) electrons. The van der Waals surface area contributed by atoms with Gasteiger partial charge in [0.05, 0.1) is 17.9 Å². The van der Waals surface area contributed by atoms with Gasteiger partial charge >= 0.3 is 0 Å². The molecule has 1 heterocycles. The maximum atomic E-state index is 13.5. The van der Waals surface area contributed by atoms with Crippen molar-refractivity contribution in [1.82, 2.24) is 14.4 Å². The van der Waals surface area contributed by atoms with E-state index >= 15 is 0 Å². The summed E-state index contributed by atoms with van der Waals surface area (Å²) in [5, 5.41) is 1.31. The Hall–Kier alpha value is -2.96. The largest absolute Gasteiger partial charge is 0.494 e. The van der Waals surface area contributed by atoms with Gasteiger partial charge in [-0.2, -0.15) is 0 Å². The standard InChI is InChI=1S/C25H29N3O3/c1-26(2)12-7-15-31-17-10-11-19-21(16-17)24(29)22-18-8-5-6-9-20(18)25(30)28(23(19)22)14-13-27(3)4/h5-6,8-11,16H,7,12-15H2,1-4H3. The van der Waals surface area contributed by atoms with E-state index in [1.54, 1.807) is 10.6 Å². The van der Waals surface area contributed by atoms with E-state index in [-0.39, 0.29) is 11.3 Å². The van der Waals surface area contributed by atoms with Crippen LogP contribution in [0.2, 0.25) is 0 Å². The van der Waals surface area contributed by atoms with E-state index in [1.165, 1.54) is 0 Å². The number of ketones is 1. The van der Waals surface area contributed by atoms with E-state index in [4.69, 9.17) is 4.74 Å². The SMILES string of the molecule is CN(C)CCCOc1ccc2c(c1)C(=O)c1c-2n(CCN(C)C)c(=O)c2ccccc12. The Balaban J connectivity index is 1.78. The number of aromatic nitrogens is 1. The summed E-state index contributed by atoms with van der Waals surface area (Å²) in [6.45, 7) is 2.77. The molecule has 0 unspecified atom stereocenters. The third-order valence-electron chi connectivity index (χ3n) is 5.69. The summed E-state index contributed by atoms with van der Waals surface area (Å²) in [7, 11) is 8.02. The first-order valence-corrected chi connectivity index (χ1v) is 10.7. The highest BCUT2D eigenvalue weighted by Gasteiger charge is 2.33. The molecule has 0 atom stereocenters. The maximum absolute atomic E-state index is 13.5. The summed E-state index contributed by atoms with van der Waals surface area (Å²) in [4.78, 5) is 31.0. The quantitative estimate of drug-likeness (QED) is 0.411. The molecule has 0 bridgehead atoms. The lowest BCUT2D eigenvalue weighted by atomic mass is 10.0. The van der Waals surface area contributed by atoms with Crippen LogP contribution in [0.1, 0.15) is 22.3 Å². The predicted octanol–water partition coefficient (Wildman–Crippen LogP) is 3.11. The number of rotatable bonds is 8. The van der Waals surface area contributed by atoms with Crippen molar-refractivity contribution in [2.45, 2.75) is 13.0 Å². The lowest BCUT2D eigenvalue weighted by Gasteiger charge is -2.17. The number of pyridine rings is 1. The third kappa shape index (κ3) is 4.01. The summed E-state index contributed by atoms with van der Waals surface area (Å²) in [5.74, 6) is 0.642. The van der Waals surface area contributed by atoms with Gasteiger partial charge in [0.25, 0.3) is 5.56 Å². The van der Waals surface area contributed by atoms with Crippen LogP contribution in [-0.4, -0.2) is 68.0 Å². The minimum atomic E-state index is -0.0548. The van der Waals surface area contributed by atoms with E-state index in [2.05, 4.69) is 4.90 Å². The van der Waals surface area contributed by atoms with Crippen molar-refractivity contribution < 1.29 is 9.53 Å². The number of hydrogen-bond acceptors (Lipinski definition) is 5. The van der Waals surface area contributed by atoms with Gasteiger partial charge in [-0.3, -0.25) is 9.59 Å². The second-order valence-electron chi connectivity index (χ2n) is 8.57. The van der Waals surface area contributed by atoms with Crippen LogP contribution in [0.4, 0.5) is 0 Å². The molecule has 4 rings (SSSR count). The molecule has 1 aliphatic rings. The molecule has 6 nitrogen and oxygen atoms in total. The Morgan fingerprint density at radius 3 is 2.29 bits per heavy atom. The minimum absolute atomic E-state index is 0.0430. The van der Waals surface area contributed by atoms with E-state index in [0.29, 0.717) is 42.0 Å². The molecule has 0 fully saturated rings. The Morgan fingerprint density at radius 2 is 1.58 bits per heavy atom. The molecule has 162 valence electrons. The molecule has 0 aliphatic heterocycles. The molecule has 0 amide bonds. The van der Waals surface area contributed by atoms with Crippen LogP contribution in [-0.2, 0) is 6.54 Å². The van der Waals surface area contributed by atoms with Crippen LogP contribution in [0.25, 0.3) is 22.0 Å². The van der Waals surface area contributed by atoms with Gasteiger partial charge in [-0.05, 0) is 58.9 Å². The molecule has 1 aliphatic carbocycles. The highest BCUT2D eigenvalue weighted by atomic mass is 16.5. The van der Waals surface area contributed by atoms with Crippen LogP contribution in [0, 0.1) is 0 Å². The fraction of sp³-hybridized carbons (Fsp3) is 0.360. The molecule has 31 heavy (non-hydrogen) atoms. The van der Waals surface area contributed by atoms with Crippen LogP contribution in [0.3, 0.4) is 0 Å². The summed E-state index contributed by atoms with van der Waals surface area (Å²) >= 11 is 0. The van der Waals surface area contributed by atoms with Gasteiger partial charge < -0.3 is 19.1 Å². The predicted molar refractivity (Wildman–Crippen MR) is 124 cm³/mol. The highest BCUT2D eigenvalue weighted by molar-refractivity contribution is 6.26. The van der Waals surface area contributed by atoms with Gasteiger partial charge in [0.2, 0.25) is 0 Å². The zero-order valence-electron chi connectivity index (χ0n) is 18.6. The summed E-state index contributed by atoms with van der Waals surface area (Å²) < 4.78 is 7.66. The molecule has 0 N–H and O–H groups in total. The second-order valence-corrected chi connectivity index (χ2v) is 8.57. The zero-order chi connectivity index (χ0) is 22.1. The lowest BCUT2D eigenvalue weighted by Crippen LogP contribution is -2.28. The van der Waals surface area contributed by atoms with Gasteiger partial charge in [0.15, 0.2) is 5.78 Å². The second kappa shape index (κ2) is 8.65. The fourth-order valence-electron chi connectivity index (χ4n) is 4.13. The van der Waals surface area contributed by atoms with Gasteiger partial charge in [-0.15, -0.1) is 0 Å². The summed E-state index contributed by atoms with van der Waals surface area (Å²) in [6, 6.07) is 13.0. The van der Waals surface area contributed by atoms with Crippen LogP contribution >= 0.6 is 0 Å². The molecule has 2 aromatic carbocycles. The number of carbonyl (C=O) groups is 1. The number of likely N-dealkylation sites (N-methyl/N-ethyl adjacent to an activating group) is 1. The zero-order valence-corrected chi connectivity index (χ0v) is 18.6. The molecular formula is C25H29N3O3. The van der Waals surface area contributed by atoms with Crippen molar-refractivity contribution in [2.75, 3.05) is 47.9 Å². The maximum Gasteiger partial charge on any atom is 0.258 e. The van der Waals surface area contributed by atoms with Crippen LogP contribution < -0.4 is 10.3 Å². The number of hydrogen-bond donors (Lipinski definition) is 0. The normalized spacial score (nSPS) is 12.6. The van der Waals surface area contributed by atoms with Crippen molar-refractivity contribution >= 4 is 16.6 Å². The number of benzene rings is 2. The van der Waals surface area contributed by atoms with Crippen molar-refractivity contribution in [3.8, 4) is 17.0 Å². The molecule has 0 saturated heterocycles. The van der Waals surface area contributed by atoms with Crippen molar-refractivity contribution in [1.29, 1.82) is 0 Å². The smallest absolute Gasteiger partial charge is 0.258 e. The number of ether oxygens (including phenoxy) is 1. The Kier molecular flexibility index (Phi) is 5.94. The topological polar surface area (TPSA) is 54.8 Å². The van der Waals surface area contributed by atoms with E-state index in [0.717, 1.165) is 29.6 Å². The van der Waals surface area contributed by atoms with E-state index in [1.807, 2.05) is 69.5 Å². The molecule has 3 aromatic rings. The Labute approximate surface area is 182 Å². The Morgan fingerprint density at radius 1 is 0.871 bits per heavy atom. The highest BCUT2D eigenvalue weighted by Crippen LogP contribution is 2.40. The van der Waals surface area contributed by atoms with Gasteiger partial charge in [0.1, 0.15) is 5.75 Å². The number of nitrogens with zero attached hydrogens (tertiary/aromatic N) is 3. The fourth-order valence-corrected chi connectivity index (χ4v) is 4.13. The van der Waals surface area contributed by atoms with Crippen molar-refractivity contribution in [2.24, 2.45) is 0 Å². The number of carbonyl (C=O) groups excluding carboxylic acids is 1. The average molecular weight is 420 g/mol. The van der Waals surface area contributed by atoms with Gasteiger partial charge in [0, 0.05) is 41.5 Å². The van der Waals surface area contributed by atoms with Gasteiger partial charge in [-0.25, -0.2) is 0 Å². The monoisotopic (exact) mass is 419 g/mol.